The van der Waals surface area contributed by atoms with Gasteiger partial charge in [-0.05, 0) is 33.1 Å². The zero-order valence-electron chi connectivity index (χ0n) is 19.7. The van der Waals surface area contributed by atoms with Crippen LogP contribution in [0.5, 0.6) is 0 Å². The third-order valence-corrected chi connectivity index (χ3v) is 6.33. The summed E-state index contributed by atoms with van der Waals surface area (Å²) in [6, 6.07) is 0. The first kappa shape index (κ1) is 28.1. The number of rotatable bonds is 11. The quantitative estimate of drug-likeness (QED) is 0.206. The fraction of sp³-hybridized carbons (Fsp3) is 0.818. The maximum absolute atomic E-state index is 12.8. The van der Waals surface area contributed by atoms with E-state index in [1.807, 2.05) is 0 Å². The lowest BCUT2D eigenvalue weighted by molar-refractivity contribution is -0.292. The molecule has 0 aromatic carbocycles. The summed E-state index contributed by atoms with van der Waals surface area (Å²) in [5.41, 5.74) is 5.48. The molecular weight excluding hydrogens is 450 g/mol. The number of ketones is 1. The maximum atomic E-state index is 12.8. The zero-order valence-corrected chi connectivity index (χ0v) is 19.7. The molecule has 0 saturated carbocycles. The largest absolute Gasteiger partial charge is 0.388 e. The molecule has 0 aromatic heterocycles. The van der Waals surface area contributed by atoms with Crippen LogP contribution in [0, 0.1) is 11.8 Å². The van der Waals surface area contributed by atoms with Gasteiger partial charge in [0.15, 0.2) is 6.29 Å². The lowest BCUT2D eigenvalue weighted by atomic mass is 9.84. The number of nitrogens with two attached hydrogens (primary N) is 1. The minimum atomic E-state index is -1.45. The molecule has 0 aliphatic carbocycles. The lowest BCUT2D eigenvalue weighted by Gasteiger charge is -2.39. The second-order valence-electron chi connectivity index (χ2n) is 9.00. The van der Waals surface area contributed by atoms with Crippen LogP contribution in [0.2, 0.25) is 0 Å². The molecular formula is C22H37N3O9. The summed E-state index contributed by atoms with van der Waals surface area (Å²) in [5.74, 6) is -2.63. The van der Waals surface area contributed by atoms with Crippen LogP contribution in [-0.4, -0.2) is 101 Å². The first-order valence-electron chi connectivity index (χ1n) is 11.7. The second kappa shape index (κ2) is 13.1. The Hall–Kier alpha value is -2.12. The van der Waals surface area contributed by atoms with E-state index >= 15 is 0 Å². The second-order valence-corrected chi connectivity index (χ2v) is 9.00. The number of piperidine rings is 1. The van der Waals surface area contributed by atoms with Crippen LogP contribution in [0.1, 0.15) is 46.0 Å². The number of ether oxygens (including phenoxy) is 2. The summed E-state index contributed by atoms with van der Waals surface area (Å²) in [6.45, 7) is 3.40. The van der Waals surface area contributed by atoms with Gasteiger partial charge in [0.05, 0.1) is 24.5 Å². The van der Waals surface area contributed by atoms with E-state index in [1.54, 1.807) is 4.90 Å². The normalized spacial score (nSPS) is 31.7. The van der Waals surface area contributed by atoms with Crippen molar-refractivity contribution in [2.75, 3.05) is 26.2 Å². The van der Waals surface area contributed by atoms with E-state index < -0.39 is 54.4 Å². The molecule has 1 unspecified atom stereocenters. The number of amides is 3. The number of nitrogens with zero attached hydrogens (tertiary/aromatic N) is 1. The average Bonchev–Trinajstić information content (AvgIpc) is 2.80. The highest BCUT2D eigenvalue weighted by Crippen LogP contribution is 2.25. The molecule has 12 nitrogen and oxygen atoms in total. The van der Waals surface area contributed by atoms with Gasteiger partial charge in [0.1, 0.15) is 24.1 Å². The molecule has 0 bridgehead atoms. The summed E-state index contributed by atoms with van der Waals surface area (Å²) in [6.07, 6.45) is -3.88. The highest BCUT2D eigenvalue weighted by atomic mass is 16.7. The van der Waals surface area contributed by atoms with Crippen molar-refractivity contribution in [1.29, 1.82) is 0 Å². The Labute approximate surface area is 198 Å². The summed E-state index contributed by atoms with van der Waals surface area (Å²) in [4.78, 5) is 49.8. The summed E-state index contributed by atoms with van der Waals surface area (Å²) < 4.78 is 10.7. The Kier molecular flexibility index (Phi) is 10.8. The minimum Gasteiger partial charge on any atom is -0.388 e. The third kappa shape index (κ3) is 7.70. The van der Waals surface area contributed by atoms with Gasteiger partial charge in [0.2, 0.25) is 17.7 Å². The van der Waals surface area contributed by atoms with Gasteiger partial charge in [-0.2, -0.15) is 0 Å². The number of primary amides is 1. The molecule has 7 atom stereocenters. The van der Waals surface area contributed by atoms with Crippen LogP contribution in [-0.2, 0) is 28.7 Å². The monoisotopic (exact) mass is 487 g/mol. The van der Waals surface area contributed by atoms with Gasteiger partial charge in [-0.3, -0.25) is 14.4 Å². The van der Waals surface area contributed by atoms with Gasteiger partial charge >= 0.3 is 0 Å². The number of hydrogen-bond donors (Lipinski definition) is 5. The number of Topliss-reactive ketones (excluding diaryl/α,β-unsaturated/α-hetero) is 1. The Morgan fingerprint density at radius 1 is 1.06 bits per heavy atom. The number of hydrogen-bond acceptors (Lipinski definition) is 9. The molecule has 12 heteroatoms. The summed E-state index contributed by atoms with van der Waals surface area (Å²) in [7, 11) is 0. The molecule has 0 aromatic rings. The first-order valence-corrected chi connectivity index (χ1v) is 11.7. The van der Waals surface area contributed by atoms with Gasteiger partial charge in [-0.15, -0.1) is 0 Å². The van der Waals surface area contributed by atoms with Crippen LogP contribution < -0.4 is 11.1 Å². The summed E-state index contributed by atoms with van der Waals surface area (Å²) >= 11 is 0. The first-order chi connectivity index (χ1) is 16.0. The molecule has 3 amide bonds. The fourth-order valence-corrected chi connectivity index (χ4v) is 4.22. The number of likely N-dealkylation sites (tertiary alicyclic amines) is 1. The van der Waals surface area contributed by atoms with E-state index in [9.17, 15) is 34.5 Å². The number of carbonyl (C=O) groups is 4. The molecule has 2 saturated heterocycles. The van der Waals surface area contributed by atoms with Crippen molar-refractivity contribution in [3.05, 3.63) is 0 Å². The topological polar surface area (TPSA) is 189 Å². The minimum absolute atomic E-state index is 0.0272. The van der Waals surface area contributed by atoms with Crippen LogP contribution in [0.3, 0.4) is 0 Å². The number of nitrogens with one attached hydrogen (secondary N) is 1. The molecule has 2 aliphatic rings. The Bertz CT molecular complexity index is 734. The highest BCUT2D eigenvalue weighted by Gasteiger charge is 2.42. The number of aliphatic hydroxyl groups excluding tert-OH is 3. The van der Waals surface area contributed by atoms with E-state index in [4.69, 9.17) is 15.2 Å². The third-order valence-electron chi connectivity index (χ3n) is 6.33. The van der Waals surface area contributed by atoms with Gasteiger partial charge in [-0.1, -0.05) is 0 Å². The molecule has 6 N–H and O–H groups in total. The van der Waals surface area contributed by atoms with Crippen LogP contribution in [0.25, 0.3) is 0 Å². The van der Waals surface area contributed by atoms with E-state index in [2.05, 4.69) is 5.32 Å². The number of unbranched alkanes of at least 4 members (excludes halogenated alkanes) is 1. The van der Waals surface area contributed by atoms with Crippen molar-refractivity contribution < 1.29 is 44.0 Å². The average molecular weight is 488 g/mol. The van der Waals surface area contributed by atoms with Gasteiger partial charge in [-0.25, -0.2) is 0 Å². The maximum Gasteiger partial charge on any atom is 0.225 e. The van der Waals surface area contributed by atoms with Gasteiger partial charge in [0, 0.05) is 32.5 Å². The van der Waals surface area contributed by atoms with Crippen molar-refractivity contribution in [2.45, 2.75) is 76.7 Å². The molecule has 34 heavy (non-hydrogen) atoms. The Morgan fingerprint density at radius 3 is 2.38 bits per heavy atom. The molecule has 2 rings (SSSR count). The molecule has 0 radical (unpaired) electrons. The van der Waals surface area contributed by atoms with Gasteiger partial charge < -0.3 is 45.5 Å². The van der Waals surface area contributed by atoms with E-state index in [0.29, 0.717) is 25.8 Å². The predicted molar refractivity (Wildman–Crippen MR) is 118 cm³/mol. The number of aliphatic hydroxyl groups is 3. The van der Waals surface area contributed by atoms with Crippen molar-refractivity contribution in [3.63, 3.8) is 0 Å². The molecule has 0 spiro atoms. The van der Waals surface area contributed by atoms with Gasteiger partial charge in [0.25, 0.3) is 0 Å². The SMILES string of the molecule is CC(=O)CCCCC(=O)N1CCC(C(N)=O)[C@@H](C(=O)NCCO[C@@H]2O[C@@H](C)[C@@H](O)[C@@H](O)[C@@H]2O)C1. The van der Waals surface area contributed by atoms with Crippen molar-refractivity contribution in [1.82, 2.24) is 10.2 Å². The predicted octanol–water partition coefficient (Wildman–Crippen LogP) is -1.95. The van der Waals surface area contributed by atoms with Crippen molar-refractivity contribution >= 4 is 23.5 Å². The lowest BCUT2D eigenvalue weighted by Crippen LogP contribution is -2.57. The van der Waals surface area contributed by atoms with E-state index in [0.717, 1.165) is 0 Å². The van der Waals surface area contributed by atoms with Crippen LogP contribution in [0.15, 0.2) is 0 Å². The van der Waals surface area contributed by atoms with Crippen molar-refractivity contribution in [3.8, 4) is 0 Å². The molecule has 2 aliphatic heterocycles. The Balaban J connectivity index is 1.83. The number of carbonyl (C=O) groups excluding carboxylic acids is 4. The summed E-state index contributed by atoms with van der Waals surface area (Å²) in [5, 5.41) is 32.2. The smallest absolute Gasteiger partial charge is 0.225 e. The zero-order chi connectivity index (χ0) is 25.4. The molecule has 2 fully saturated rings. The van der Waals surface area contributed by atoms with E-state index in [1.165, 1.54) is 13.8 Å². The molecule has 2 heterocycles. The van der Waals surface area contributed by atoms with Crippen LogP contribution >= 0.6 is 0 Å². The Morgan fingerprint density at radius 2 is 1.74 bits per heavy atom. The van der Waals surface area contributed by atoms with Crippen LogP contribution in [0.4, 0.5) is 0 Å². The fourth-order valence-electron chi connectivity index (χ4n) is 4.22. The standard InChI is InChI=1S/C22H37N3O9/c1-12(26)5-3-4-6-16(27)25-9-7-14(20(23)31)15(11-25)21(32)24-8-10-33-22-19(30)18(29)17(28)13(2)34-22/h13-15,17-19,22,28-30H,3-11H2,1-2H3,(H2,23,31)(H,24,32)/t13-,14?,15-,17+,18+,19-,22+/m0/s1. The molecule has 194 valence electrons. The highest BCUT2D eigenvalue weighted by molar-refractivity contribution is 5.88. The van der Waals surface area contributed by atoms with Crippen molar-refractivity contribution in [2.24, 2.45) is 17.6 Å². The van der Waals surface area contributed by atoms with E-state index in [-0.39, 0.29) is 44.2 Å².